The fourth-order valence-electron chi connectivity index (χ4n) is 2.18. The number of imide groups is 1. The molecule has 0 aromatic heterocycles. The van der Waals surface area contributed by atoms with E-state index in [1.807, 2.05) is 0 Å². The molecular formula is C14H24N2O5. The summed E-state index contributed by atoms with van der Waals surface area (Å²) >= 11 is 0. The smallest absolute Gasteiger partial charge is 0.323 e. The summed E-state index contributed by atoms with van der Waals surface area (Å²) in [6, 6.07) is -0.438. The van der Waals surface area contributed by atoms with Crippen molar-refractivity contribution < 1.29 is 24.2 Å². The number of hydrogen-bond donors (Lipinski definition) is 2. The molecule has 0 bridgehead atoms. The van der Waals surface area contributed by atoms with Crippen molar-refractivity contribution in [1.29, 1.82) is 0 Å². The van der Waals surface area contributed by atoms with E-state index in [1.54, 1.807) is 7.05 Å². The lowest BCUT2D eigenvalue weighted by Crippen LogP contribution is -2.44. The molecule has 21 heavy (non-hydrogen) atoms. The van der Waals surface area contributed by atoms with Crippen LogP contribution in [0.15, 0.2) is 0 Å². The Balaban J connectivity index is 2.18. The van der Waals surface area contributed by atoms with Gasteiger partial charge in [0.25, 0.3) is 0 Å². The lowest BCUT2D eigenvalue weighted by atomic mass is 10.1. The van der Waals surface area contributed by atoms with Gasteiger partial charge in [0.1, 0.15) is 0 Å². The maximum absolute atomic E-state index is 11.8. The second-order valence-electron chi connectivity index (χ2n) is 5.32. The number of carbonyl (C=O) groups excluding carboxylic acids is 2. The number of hydrogen-bond acceptors (Lipinski definition) is 4. The van der Waals surface area contributed by atoms with Gasteiger partial charge in [-0.2, -0.15) is 0 Å². The van der Waals surface area contributed by atoms with Crippen molar-refractivity contribution in [3.05, 3.63) is 0 Å². The van der Waals surface area contributed by atoms with E-state index in [1.165, 1.54) is 4.90 Å². The van der Waals surface area contributed by atoms with E-state index >= 15 is 0 Å². The van der Waals surface area contributed by atoms with E-state index in [4.69, 9.17) is 9.84 Å². The van der Waals surface area contributed by atoms with Gasteiger partial charge in [0, 0.05) is 33.0 Å². The molecular weight excluding hydrogens is 276 g/mol. The number of rotatable bonds is 7. The van der Waals surface area contributed by atoms with Crippen molar-refractivity contribution in [2.24, 2.45) is 0 Å². The molecule has 1 rings (SSSR count). The van der Waals surface area contributed by atoms with Gasteiger partial charge in [-0.25, -0.2) is 4.79 Å². The fraction of sp³-hybridized carbons (Fsp3) is 0.786. The average molecular weight is 300 g/mol. The van der Waals surface area contributed by atoms with Crippen molar-refractivity contribution in [2.75, 3.05) is 20.2 Å². The van der Waals surface area contributed by atoms with E-state index in [0.29, 0.717) is 19.4 Å². The van der Waals surface area contributed by atoms with Gasteiger partial charge in [-0.1, -0.05) is 0 Å². The first-order chi connectivity index (χ1) is 9.99. The predicted octanol–water partition coefficient (Wildman–Crippen LogP) is 1.37. The van der Waals surface area contributed by atoms with Crippen molar-refractivity contribution in [1.82, 2.24) is 10.2 Å². The lowest BCUT2D eigenvalue weighted by Gasteiger charge is -2.27. The van der Waals surface area contributed by atoms with Crippen LogP contribution < -0.4 is 5.32 Å². The third kappa shape index (κ3) is 7.65. The molecule has 0 spiro atoms. The average Bonchev–Trinajstić information content (AvgIpc) is 2.44. The van der Waals surface area contributed by atoms with Gasteiger partial charge in [0.2, 0.25) is 5.91 Å². The highest BCUT2D eigenvalue weighted by Gasteiger charge is 2.19. The maximum Gasteiger partial charge on any atom is 0.323 e. The fourth-order valence-corrected chi connectivity index (χ4v) is 2.18. The summed E-state index contributed by atoms with van der Waals surface area (Å²) in [6.07, 6.45) is 4.22. The van der Waals surface area contributed by atoms with Crippen LogP contribution in [0, 0.1) is 0 Å². The molecule has 120 valence electrons. The van der Waals surface area contributed by atoms with Gasteiger partial charge in [0.05, 0.1) is 6.10 Å². The SMILES string of the molecule is CN(CC1CCCCO1)C(=O)NC(=O)CCCCC(=O)O. The molecule has 0 aromatic carbocycles. The number of urea groups is 1. The minimum absolute atomic E-state index is 0.0418. The Morgan fingerprint density at radius 1 is 1.24 bits per heavy atom. The Kier molecular flexibility index (Phi) is 7.74. The van der Waals surface area contributed by atoms with Gasteiger partial charge in [-0.05, 0) is 32.1 Å². The zero-order chi connectivity index (χ0) is 15.7. The van der Waals surface area contributed by atoms with Crippen LogP contribution >= 0.6 is 0 Å². The van der Waals surface area contributed by atoms with E-state index in [0.717, 1.165) is 25.9 Å². The summed E-state index contributed by atoms with van der Waals surface area (Å²) in [5.41, 5.74) is 0. The zero-order valence-corrected chi connectivity index (χ0v) is 12.5. The molecule has 0 aliphatic carbocycles. The van der Waals surface area contributed by atoms with Crippen LogP contribution in [0.2, 0.25) is 0 Å². The van der Waals surface area contributed by atoms with Gasteiger partial charge >= 0.3 is 12.0 Å². The minimum Gasteiger partial charge on any atom is -0.481 e. The van der Waals surface area contributed by atoms with Crippen LogP contribution in [-0.2, 0) is 14.3 Å². The van der Waals surface area contributed by atoms with Crippen LogP contribution in [0.3, 0.4) is 0 Å². The molecule has 1 aliphatic rings. The van der Waals surface area contributed by atoms with Gasteiger partial charge in [-0.3, -0.25) is 14.9 Å². The molecule has 1 saturated heterocycles. The van der Waals surface area contributed by atoms with Crippen molar-refractivity contribution in [3.8, 4) is 0 Å². The number of carboxylic acid groups (broad SMARTS) is 1. The minimum atomic E-state index is -0.876. The maximum atomic E-state index is 11.8. The molecule has 7 heteroatoms. The third-order valence-electron chi connectivity index (χ3n) is 3.39. The van der Waals surface area contributed by atoms with Gasteiger partial charge in [-0.15, -0.1) is 0 Å². The number of ether oxygens (including phenoxy) is 1. The Morgan fingerprint density at radius 3 is 2.57 bits per heavy atom. The molecule has 1 atom stereocenters. The first kappa shape index (κ1) is 17.4. The summed E-state index contributed by atoms with van der Waals surface area (Å²) in [4.78, 5) is 35.1. The van der Waals surface area contributed by atoms with Gasteiger partial charge in [0.15, 0.2) is 0 Å². The van der Waals surface area contributed by atoms with Crippen molar-refractivity contribution in [3.63, 3.8) is 0 Å². The second-order valence-corrected chi connectivity index (χ2v) is 5.32. The van der Waals surface area contributed by atoms with Crippen LogP contribution in [0.5, 0.6) is 0 Å². The monoisotopic (exact) mass is 300 g/mol. The van der Waals surface area contributed by atoms with Crippen LogP contribution in [0.4, 0.5) is 4.79 Å². The Hall–Kier alpha value is -1.63. The zero-order valence-electron chi connectivity index (χ0n) is 12.5. The van der Waals surface area contributed by atoms with Crippen LogP contribution in [0.1, 0.15) is 44.9 Å². The molecule has 3 amide bonds. The molecule has 1 aliphatic heterocycles. The largest absolute Gasteiger partial charge is 0.481 e. The standard InChI is InChI=1S/C14H24N2O5/c1-16(10-11-6-4-5-9-21-11)14(20)15-12(17)7-2-3-8-13(18)19/h11H,2-10H2,1H3,(H,18,19)(H,15,17,20). The molecule has 1 heterocycles. The second kappa shape index (κ2) is 9.33. The number of nitrogens with one attached hydrogen (secondary N) is 1. The van der Waals surface area contributed by atoms with E-state index in [-0.39, 0.29) is 24.9 Å². The summed E-state index contributed by atoms with van der Waals surface area (Å²) < 4.78 is 5.54. The number of nitrogens with zero attached hydrogens (tertiary/aromatic N) is 1. The first-order valence-electron chi connectivity index (χ1n) is 7.37. The molecule has 7 nitrogen and oxygen atoms in total. The normalized spacial score (nSPS) is 18.0. The van der Waals surface area contributed by atoms with E-state index in [9.17, 15) is 14.4 Å². The molecule has 0 radical (unpaired) electrons. The van der Waals surface area contributed by atoms with E-state index in [2.05, 4.69) is 5.32 Å². The summed E-state index contributed by atoms with van der Waals surface area (Å²) in [5, 5.41) is 10.8. The Bertz CT molecular complexity index is 366. The van der Waals surface area contributed by atoms with Crippen LogP contribution in [-0.4, -0.2) is 54.2 Å². The Labute approximate surface area is 124 Å². The number of carboxylic acids is 1. The topological polar surface area (TPSA) is 95.9 Å². The molecule has 1 fully saturated rings. The molecule has 1 unspecified atom stereocenters. The number of amides is 3. The number of carbonyl (C=O) groups is 3. The summed E-state index contributed by atoms with van der Waals surface area (Å²) in [7, 11) is 1.63. The third-order valence-corrected chi connectivity index (χ3v) is 3.39. The molecule has 2 N–H and O–H groups in total. The first-order valence-corrected chi connectivity index (χ1v) is 7.37. The summed E-state index contributed by atoms with van der Waals surface area (Å²) in [5.74, 6) is -1.25. The highest BCUT2D eigenvalue weighted by molar-refractivity contribution is 5.94. The highest BCUT2D eigenvalue weighted by atomic mass is 16.5. The molecule has 0 saturated carbocycles. The Morgan fingerprint density at radius 2 is 1.95 bits per heavy atom. The molecule has 0 aromatic rings. The quantitative estimate of drug-likeness (QED) is 0.692. The van der Waals surface area contributed by atoms with Crippen molar-refractivity contribution >= 4 is 17.9 Å². The van der Waals surface area contributed by atoms with Crippen molar-refractivity contribution in [2.45, 2.75) is 51.0 Å². The highest BCUT2D eigenvalue weighted by Crippen LogP contribution is 2.13. The van der Waals surface area contributed by atoms with Crippen LogP contribution in [0.25, 0.3) is 0 Å². The number of likely N-dealkylation sites (N-methyl/N-ethyl adjacent to an activating group) is 1. The predicted molar refractivity (Wildman–Crippen MR) is 75.9 cm³/mol. The summed E-state index contributed by atoms with van der Waals surface area (Å²) in [6.45, 7) is 1.20. The lowest BCUT2D eigenvalue weighted by molar-refractivity contribution is -0.137. The number of aliphatic carboxylic acids is 1. The van der Waals surface area contributed by atoms with E-state index < -0.39 is 12.0 Å². The van der Waals surface area contributed by atoms with Gasteiger partial charge < -0.3 is 14.7 Å². The number of unbranched alkanes of at least 4 members (excludes halogenated alkanes) is 1.